The van der Waals surface area contributed by atoms with Gasteiger partial charge in [0.25, 0.3) is 5.91 Å². The fourth-order valence-corrected chi connectivity index (χ4v) is 2.42. The van der Waals surface area contributed by atoms with Crippen LogP contribution in [0.4, 0.5) is 0 Å². The molecule has 0 aromatic heterocycles. The van der Waals surface area contributed by atoms with E-state index in [1.54, 1.807) is 17.0 Å². The summed E-state index contributed by atoms with van der Waals surface area (Å²) in [6.45, 7) is 4.51. The van der Waals surface area contributed by atoms with Crippen LogP contribution >= 0.6 is 0 Å². The molecule has 5 nitrogen and oxygen atoms in total. The third-order valence-electron chi connectivity index (χ3n) is 3.94. The summed E-state index contributed by atoms with van der Waals surface area (Å²) >= 11 is 0. The Morgan fingerprint density at radius 1 is 1.04 bits per heavy atom. The smallest absolute Gasteiger partial charge is 0.253 e. The van der Waals surface area contributed by atoms with E-state index in [2.05, 4.69) is 0 Å². The lowest BCUT2D eigenvalue weighted by molar-refractivity contribution is 0.0634. The van der Waals surface area contributed by atoms with Crippen LogP contribution in [-0.4, -0.2) is 34.9 Å². The number of carbonyl (C=O) groups is 2. The van der Waals surface area contributed by atoms with Crippen molar-refractivity contribution in [2.24, 2.45) is 5.73 Å². The molecule has 0 bridgehead atoms. The lowest BCUT2D eigenvalue weighted by atomic mass is 10.1. The Balaban J connectivity index is 2.10. The normalized spacial score (nSPS) is 11.8. The lowest BCUT2D eigenvalue weighted by Gasteiger charge is -2.24. The molecular formula is C19H22N2O3. The molecule has 0 spiro atoms. The number of aliphatic hydroxyl groups excluding tert-OH is 1. The molecule has 3 N–H and O–H groups in total. The van der Waals surface area contributed by atoms with Gasteiger partial charge in [-0.05, 0) is 43.7 Å². The molecule has 0 radical (unpaired) electrons. The van der Waals surface area contributed by atoms with Crippen molar-refractivity contribution >= 4 is 11.8 Å². The zero-order valence-electron chi connectivity index (χ0n) is 13.9. The van der Waals surface area contributed by atoms with Crippen LogP contribution in [0.5, 0.6) is 0 Å². The number of carbonyl (C=O) groups excluding carboxylic acids is 2. The van der Waals surface area contributed by atoms with Crippen molar-refractivity contribution in [1.82, 2.24) is 4.90 Å². The summed E-state index contributed by atoms with van der Waals surface area (Å²) in [5.74, 6) is -0.726. The first-order chi connectivity index (χ1) is 11.4. The van der Waals surface area contributed by atoms with Gasteiger partial charge in [0.2, 0.25) is 5.91 Å². The highest BCUT2D eigenvalue weighted by Crippen LogP contribution is 2.17. The first-order valence-corrected chi connectivity index (χ1v) is 7.86. The topological polar surface area (TPSA) is 83.6 Å². The first kappa shape index (κ1) is 17.7. The number of nitrogens with two attached hydrogens (primary N) is 1. The summed E-state index contributed by atoms with van der Waals surface area (Å²) in [4.78, 5) is 25.2. The minimum absolute atomic E-state index is 0.195. The fraction of sp³-hybridized carbons (Fsp3) is 0.263. The maximum atomic E-state index is 12.6. The largest absolute Gasteiger partial charge is 0.387 e. The van der Waals surface area contributed by atoms with Gasteiger partial charge in [0.15, 0.2) is 0 Å². The summed E-state index contributed by atoms with van der Waals surface area (Å²) in [5, 5.41) is 10.4. The third kappa shape index (κ3) is 4.20. The van der Waals surface area contributed by atoms with E-state index >= 15 is 0 Å². The van der Waals surface area contributed by atoms with Crippen LogP contribution in [0.2, 0.25) is 0 Å². The Labute approximate surface area is 141 Å². The zero-order valence-corrected chi connectivity index (χ0v) is 13.9. The average Bonchev–Trinajstić information content (AvgIpc) is 2.59. The van der Waals surface area contributed by atoms with Crippen molar-refractivity contribution in [3.05, 3.63) is 70.8 Å². The Hall–Kier alpha value is -2.66. The monoisotopic (exact) mass is 326 g/mol. The molecule has 0 aliphatic heterocycles. The van der Waals surface area contributed by atoms with Crippen molar-refractivity contribution in [2.75, 3.05) is 13.1 Å². The van der Waals surface area contributed by atoms with Gasteiger partial charge in [-0.15, -0.1) is 0 Å². The summed E-state index contributed by atoms with van der Waals surface area (Å²) in [7, 11) is 0. The number of amides is 2. The Bertz CT molecular complexity index is 708. The zero-order chi connectivity index (χ0) is 17.7. The van der Waals surface area contributed by atoms with E-state index in [0.29, 0.717) is 17.7 Å². The van der Waals surface area contributed by atoms with E-state index in [-0.39, 0.29) is 12.5 Å². The summed E-state index contributed by atoms with van der Waals surface area (Å²) in [6, 6.07) is 13.8. The van der Waals surface area contributed by atoms with Crippen molar-refractivity contribution in [2.45, 2.75) is 20.0 Å². The third-order valence-corrected chi connectivity index (χ3v) is 3.94. The van der Waals surface area contributed by atoms with Gasteiger partial charge in [0.1, 0.15) is 0 Å². The van der Waals surface area contributed by atoms with E-state index in [9.17, 15) is 14.7 Å². The maximum absolute atomic E-state index is 12.6. The van der Waals surface area contributed by atoms with Crippen LogP contribution < -0.4 is 5.73 Å². The second-order valence-electron chi connectivity index (χ2n) is 5.71. The maximum Gasteiger partial charge on any atom is 0.253 e. The van der Waals surface area contributed by atoms with Gasteiger partial charge in [-0.1, -0.05) is 29.8 Å². The van der Waals surface area contributed by atoms with Crippen molar-refractivity contribution in [1.29, 1.82) is 0 Å². The second-order valence-corrected chi connectivity index (χ2v) is 5.71. The molecule has 2 rings (SSSR count). The summed E-state index contributed by atoms with van der Waals surface area (Å²) < 4.78 is 0. The molecular weight excluding hydrogens is 304 g/mol. The predicted octanol–water partition coefficient (Wildman–Crippen LogP) is 2.29. The van der Waals surface area contributed by atoms with E-state index in [0.717, 1.165) is 11.1 Å². The first-order valence-electron chi connectivity index (χ1n) is 7.86. The van der Waals surface area contributed by atoms with Crippen molar-refractivity contribution < 1.29 is 14.7 Å². The van der Waals surface area contributed by atoms with Crippen LogP contribution in [0.15, 0.2) is 48.5 Å². The SMILES string of the molecule is CCN(C[C@@H](O)c1ccc(C)cc1)C(=O)c1ccc(C(N)=O)cc1. The van der Waals surface area contributed by atoms with Crippen molar-refractivity contribution in [3.8, 4) is 0 Å². The van der Waals surface area contributed by atoms with E-state index in [1.807, 2.05) is 38.1 Å². The number of hydrogen-bond donors (Lipinski definition) is 2. The molecule has 126 valence electrons. The molecule has 5 heteroatoms. The number of aryl methyl sites for hydroxylation is 1. The summed E-state index contributed by atoms with van der Waals surface area (Å²) in [6.07, 6.45) is -0.751. The lowest BCUT2D eigenvalue weighted by Crippen LogP contribution is -2.34. The van der Waals surface area contributed by atoms with Crippen molar-refractivity contribution in [3.63, 3.8) is 0 Å². The minimum atomic E-state index is -0.751. The molecule has 0 saturated carbocycles. The molecule has 0 aliphatic rings. The number of nitrogens with zero attached hydrogens (tertiary/aromatic N) is 1. The Morgan fingerprint density at radius 2 is 1.58 bits per heavy atom. The minimum Gasteiger partial charge on any atom is -0.387 e. The van der Waals surface area contributed by atoms with Crippen LogP contribution in [0.3, 0.4) is 0 Å². The number of aliphatic hydroxyl groups is 1. The molecule has 0 unspecified atom stereocenters. The highest BCUT2D eigenvalue weighted by Gasteiger charge is 2.19. The van der Waals surface area contributed by atoms with Gasteiger partial charge in [-0.2, -0.15) is 0 Å². The van der Waals surface area contributed by atoms with Crippen LogP contribution in [-0.2, 0) is 0 Å². The molecule has 0 fully saturated rings. The van der Waals surface area contributed by atoms with E-state index < -0.39 is 12.0 Å². The second kappa shape index (κ2) is 7.75. The molecule has 24 heavy (non-hydrogen) atoms. The summed E-state index contributed by atoms with van der Waals surface area (Å²) in [5.41, 5.74) is 7.90. The molecule has 2 amide bonds. The van der Waals surface area contributed by atoms with Gasteiger partial charge in [0.05, 0.1) is 12.6 Å². The predicted molar refractivity (Wildman–Crippen MR) is 92.7 cm³/mol. The molecule has 0 saturated heterocycles. The van der Waals surface area contributed by atoms with E-state index in [1.165, 1.54) is 12.1 Å². The quantitative estimate of drug-likeness (QED) is 0.854. The highest BCUT2D eigenvalue weighted by molar-refractivity contribution is 5.97. The number of benzene rings is 2. The number of rotatable bonds is 6. The van der Waals surface area contributed by atoms with Crippen LogP contribution in [0.25, 0.3) is 0 Å². The van der Waals surface area contributed by atoms with Crippen LogP contribution in [0, 0.1) is 6.92 Å². The van der Waals surface area contributed by atoms with E-state index in [4.69, 9.17) is 5.73 Å². The number of primary amides is 1. The van der Waals surface area contributed by atoms with Gasteiger partial charge in [0, 0.05) is 17.7 Å². The average molecular weight is 326 g/mol. The van der Waals surface area contributed by atoms with Gasteiger partial charge >= 0.3 is 0 Å². The molecule has 1 atom stereocenters. The van der Waals surface area contributed by atoms with Gasteiger partial charge in [-0.3, -0.25) is 9.59 Å². The number of likely N-dealkylation sites (N-methyl/N-ethyl adjacent to an activating group) is 1. The fourth-order valence-electron chi connectivity index (χ4n) is 2.42. The molecule has 0 aliphatic carbocycles. The highest BCUT2D eigenvalue weighted by atomic mass is 16.3. The van der Waals surface area contributed by atoms with Crippen LogP contribution in [0.1, 0.15) is 44.9 Å². The van der Waals surface area contributed by atoms with Gasteiger partial charge in [-0.25, -0.2) is 0 Å². The van der Waals surface area contributed by atoms with Gasteiger partial charge < -0.3 is 15.7 Å². The standard InChI is InChI=1S/C19H22N2O3/c1-3-21(12-17(22)14-6-4-13(2)5-7-14)19(24)16-10-8-15(9-11-16)18(20)23/h4-11,17,22H,3,12H2,1-2H3,(H2,20,23)/t17-/m1/s1. The molecule has 2 aromatic carbocycles. The Kier molecular flexibility index (Phi) is 5.71. The number of hydrogen-bond acceptors (Lipinski definition) is 3. The molecule has 0 heterocycles. The Morgan fingerprint density at radius 3 is 2.08 bits per heavy atom. The molecule has 2 aromatic rings.